The summed E-state index contributed by atoms with van der Waals surface area (Å²) in [5.74, 6) is 0.122. The Balaban J connectivity index is 2.03. The van der Waals surface area contributed by atoms with Gasteiger partial charge in [-0.2, -0.15) is 8.42 Å². The number of carbonyl (C=O) groups is 1. The molecule has 7 nitrogen and oxygen atoms in total. The summed E-state index contributed by atoms with van der Waals surface area (Å²) in [6.07, 6.45) is 0. The molecule has 0 aliphatic heterocycles. The van der Waals surface area contributed by atoms with Gasteiger partial charge in [0.2, 0.25) is 5.91 Å². The molecule has 0 unspecified atom stereocenters. The first-order valence-corrected chi connectivity index (χ1v) is 9.47. The van der Waals surface area contributed by atoms with Crippen molar-refractivity contribution >= 4 is 32.6 Å². The van der Waals surface area contributed by atoms with Crippen LogP contribution in [0.4, 0.5) is 5.69 Å². The number of para-hydroxylation sites is 1. The molecule has 140 valence electrons. The largest absolute Gasteiger partial charge is 0.495 e. The molecule has 0 spiro atoms. The van der Waals surface area contributed by atoms with Gasteiger partial charge in [-0.05, 0) is 37.3 Å². The van der Waals surface area contributed by atoms with E-state index in [2.05, 4.69) is 10.3 Å². The van der Waals surface area contributed by atoms with E-state index in [1.54, 1.807) is 12.1 Å². The van der Waals surface area contributed by atoms with Crippen molar-refractivity contribution in [1.29, 1.82) is 0 Å². The zero-order valence-electron chi connectivity index (χ0n) is 15.0. The number of rotatable bonds is 5. The van der Waals surface area contributed by atoms with E-state index in [1.807, 2.05) is 25.1 Å². The molecule has 0 atom stereocenters. The third-order valence-corrected chi connectivity index (χ3v) is 5.02. The third kappa shape index (κ3) is 4.01. The molecular formula is C19H18N2O5S. The highest BCUT2D eigenvalue weighted by Crippen LogP contribution is 2.31. The van der Waals surface area contributed by atoms with Crippen molar-refractivity contribution in [3.8, 4) is 11.5 Å². The average molecular weight is 386 g/mol. The standard InChI is InChI=1S/C19H18N2O5S/c1-12-7-8-14-5-4-6-18(19(14)20-12)26-27(23,24)15-9-10-17(25-3)16(11-15)21-13(2)22/h4-11H,1-3H3,(H,21,22). The van der Waals surface area contributed by atoms with Crippen LogP contribution in [0, 0.1) is 6.92 Å². The van der Waals surface area contributed by atoms with E-state index >= 15 is 0 Å². The van der Waals surface area contributed by atoms with Crippen LogP contribution in [0.2, 0.25) is 0 Å². The predicted molar refractivity (Wildman–Crippen MR) is 102 cm³/mol. The number of hydrogen-bond acceptors (Lipinski definition) is 6. The van der Waals surface area contributed by atoms with Gasteiger partial charge in [0.15, 0.2) is 5.75 Å². The summed E-state index contributed by atoms with van der Waals surface area (Å²) in [4.78, 5) is 15.6. The molecule has 0 radical (unpaired) electrons. The molecule has 1 heterocycles. The molecule has 0 saturated carbocycles. The van der Waals surface area contributed by atoms with Gasteiger partial charge in [0.25, 0.3) is 0 Å². The lowest BCUT2D eigenvalue weighted by Crippen LogP contribution is -2.12. The zero-order valence-corrected chi connectivity index (χ0v) is 15.8. The van der Waals surface area contributed by atoms with Crippen molar-refractivity contribution < 1.29 is 22.1 Å². The average Bonchev–Trinajstić information content (AvgIpc) is 2.61. The summed E-state index contributed by atoms with van der Waals surface area (Å²) in [5, 5.41) is 3.31. The van der Waals surface area contributed by atoms with Crippen LogP contribution in [0.1, 0.15) is 12.6 Å². The number of pyridine rings is 1. The number of amides is 1. The van der Waals surface area contributed by atoms with E-state index in [0.29, 0.717) is 11.3 Å². The van der Waals surface area contributed by atoms with E-state index in [1.165, 1.54) is 32.2 Å². The number of benzene rings is 2. The molecule has 3 aromatic rings. The molecular weight excluding hydrogens is 368 g/mol. The Labute approximate surface area is 157 Å². The molecule has 2 aromatic carbocycles. The van der Waals surface area contributed by atoms with Crippen molar-refractivity contribution in [1.82, 2.24) is 4.98 Å². The molecule has 0 fully saturated rings. The predicted octanol–water partition coefficient (Wildman–Crippen LogP) is 3.28. The van der Waals surface area contributed by atoms with Crippen LogP contribution in [-0.2, 0) is 14.9 Å². The van der Waals surface area contributed by atoms with E-state index in [4.69, 9.17) is 8.92 Å². The number of aromatic nitrogens is 1. The molecule has 1 amide bonds. The van der Waals surface area contributed by atoms with Gasteiger partial charge in [-0.3, -0.25) is 4.79 Å². The van der Waals surface area contributed by atoms with Crippen LogP contribution in [0.5, 0.6) is 11.5 Å². The highest BCUT2D eigenvalue weighted by Gasteiger charge is 2.21. The van der Waals surface area contributed by atoms with Gasteiger partial charge in [0.05, 0.1) is 12.8 Å². The first kappa shape index (κ1) is 18.7. The summed E-state index contributed by atoms with van der Waals surface area (Å²) in [7, 11) is -2.72. The minimum Gasteiger partial charge on any atom is -0.495 e. The van der Waals surface area contributed by atoms with Crippen LogP contribution in [0.15, 0.2) is 53.4 Å². The van der Waals surface area contributed by atoms with Crippen LogP contribution in [-0.4, -0.2) is 26.4 Å². The van der Waals surface area contributed by atoms with Gasteiger partial charge in [-0.25, -0.2) is 4.98 Å². The lowest BCUT2D eigenvalue weighted by atomic mass is 10.2. The minimum absolute atomic E-state index is 0.114. The topological polar surface area (TPSA) is 94.6 Å². The monoisotopic (exact) mass is 386 g/mol. The number of hydrogen-bond donors (Lipinski definition) is 1. The summed E-state index contributed by atoms with van der Waals surface area (Å²) < 4.78 is 36.0. The molecule has 27 heavy (non-hydrogen) atoms. The van der Waals surface area contributed by atoms with E-state index in [0.717, 1.165) is 11.1 Å². The lowest BCUT2D eigenvalue weighted by Gasteiger charge is -2.13. The van der Waals surface area contributed by atoms with Gasteiger partial charge in [-0.1, -0.05) is 18.2 Å². The Morgan fingerprint density at radius 1 is 1.07 bits per heavy atom. The number of ether oxygens (including phenoxy) is 1. The minimum atomic E-state index is -4.15. The van der Waals surface area contributed by atoms with Gasteiger partial charge in [0.1, 0.15) is 16.2 Å². The summed E-state index contributed by atoms with van der Waals surface area (Å²) in [5.41, 5.74) is 1.44. The Morgan fingerprint density at radius 2 is 1.85 bits per heavy atom. The zero-order chi connectivity index (χ0) is 19.6. The second kappa shape index (κ2) is 7.24. The maximum absolute atomic E-state index is 12.8. The molecule has 1 aromatic heterocycles. The Hall–Kier alpha value is -3.13. The van der Waals surface area contributed by atoms with Crippen LogP contribution in [0.3, 0.4) is 0 Å². The third-order valence-electron chi connectivity index (χ3n) is 3.79. The van der Waals surface area contributed by atoms with Gasteiger partial charge >= 0.3 is 10.1 Å². The number of fused-ring (bicyclic) bond motifs is 1. The van der Waals surface area contributed by atoms with Gasteiger partial charge < -0.3 is 14.2 Å². The van der Waals surface area contributed by atoms with E-state index in [9.17, 15) is 13.2 Å². The fraction of sp³-hybridized carbons (Fsp3) is 0.158. The molecule has 0 aliphatic carbocycles. The number of carbonyl (C=O) groups excluding carboxylic acids is 1. The number of nitrogens with one attached hydrogen (secondary N) is 1. The van der Waals surface area contributed by atoms with Crippen molar-refractivity contribution in [2.45, 2.75) is 18.7 Å². The maximum atomic E-state index is 12.8. The second-order valence-electron chi connectivity index (χ2n) is 5.86. The van der Waals surface area contributed by atoms with Crippen molar-refractivity contribution in [3.05, 3.63) is 54.2 Å². The summed E-state index contributed by atoms with van der Waals surface area (Å²) in [6.45, 7) is 3.13. The highest BCUT2D eigenvalue weighted by molar-refractivity contribution is 7.87. The van der Waals surface area contributed by atoms with Gasteiger partial charge in [-0.15, -0.1) is 0 Å². The summed E-state index contributed by atoms with van der Waals surface area (Å²) >= 11 is 0. The maximum Gasteiger partial charge on any atom is 0.339 e. The first-order chi connectivity index (χ1) is 12.8. The molecule has 1 N–H and O–H groups in total. The number of nitrogens with zero attached hydrogens (tertiary/aromatic N) is 1. The quantitative estimate of drug-likeness (QED) is 0.676. The first-order valence-electron chi connectivity index (χ1n) is 8.06. The van der Waals surface area contributed by atoms with E-state index < -0.39 is 10.1 Å². The second-order valence-corrected chi connectivity index (χ2v) is 7.41. The number of methoxy groups -OCH3 is 1. The molecule has 0 aliphatic rings. The summed E-state index contributed by atoms with van der Waals surface area (Å²) in [6, 6.07) is 12.8. The molecule has 8 heteroatoms. The van der Waals surface area contributed by atoms with Crippen molar-refractivity contribution in [2.24, 2.45) is 0 Å². The Morgan fingerprint density at radius 3 is 2.56 bits per heavy atom. The smallest absolute Gasteiger partial charge is 0.339 e. The fourth-order valence-electron chi connectivity index (χ4n) is 2.58. The van der Waals surface area contributed by atoms with Crippen LogP contribution in [0.25, 0.3) is 10.9 Å². The van der Waals surface area contributed by atoms with Gasteiger partial charge in [0, 0.05) is 18.0 Å². The van der Waals surface area contributed by atoms with E-state index in [-0.39, 0.29) is 22.2 Å². The van der Waals surface area contributed by atoms with Crippen molar-refractivity contribution in [2.75, 3.05) is 12.4 Å². The van der Waals surface area contributed by atoms with Crippen LogP contribution >= 0.6 is 0 Å². The number of anilines is 1. The number of aryl methyl sites for hydroxylation is 1. The molecule has 0 bridgehead atoms. The SMILES string of the molecule is COc1ccc(S(=O)(=O)Oc2cccc3ccc(C)nc23)cc1NC(C)=O. The fourth-order valence-corrected chi connectivity index (χ4v) is 3.54. The highest BCUT2D eigenvalue weighted by atomic mass is 32.2. The Kier molecular flexibility index (Phi) is 5.00. The normalized spacial score (nSPS) is 11.2. The molecule has 3 rings (SSSR count). The van der Waals surface area contributed by atoms with Crippen LogP contribution < -0.4 is 14.2 Å². The van der Waals surface area contributed by atoms with Crippen molar-refractivity contribution in [3.63, 3.8) is 0 Å². The Bertz CT molecular complexity index is 1130. The molecule has 0 saturated heterocycles. The lowest BCUT2D eigenvalue weighted by molar-refractivity contribution is -0.114.